The van der Waals surface area contributed by atoms with Gasteiger partial charge < -0.3 is 0 Å². The first kappa shape index (κ1) is 14.0. The maximum atomic E-state index is 10.6. The zero-order chi connectivity index (χ0) is 13.8. The zero-order valence-electron chi connectivity index (χ0n) is 11.6. The van der Waals surface area contributed by atoms with Crippen LogP contribution in [0.15, 0.2) is 24.3 Å². The van der Waals surface area contributed by atoms with E-state index in [1.165, 1.54) is 0 Å². The highest BCUT2D eigenvalue weighted by Crippen LogP contribution is 2.15. The van der Waals surface area contributed by atoms with Crippen LogP contribution in [0, 0.1) is 10.1 Å². The molecule has 0 N–H and O–H groups in total. The number of nitro benzene ring substituents is 1. The summed E-state index contributed by atoms with van der Waals surface area (Å²) in [7, 11) is 0. The molecule has 1 saturated heterocycles. The molecule has 104 valence electrons. The Hall–Kier alpha value is -1.46. The van der Waals surface area contributed by atoms with Crippen molar-refractivity contribution in [1.82, 2.24) is 9.80 Å². The Balaban J connectivity index is 1.87. The van der Waals surface area contributed by atoms with Crippen LogP contribution in [0.2, 0.25) is 0 Å². The summed E-state index contributed by atoms with van der Waals surface area (Å²) >= 11 is 0. The topological polar surface area (TPSA) is 49.6 Å². The van der Waals surface area contributed by atoms with E-state index in [0.29, 0.717) is 6.04 Å². The molecule has 1 aliphatic rings. The molecule has 0 aromatic heterocycles. The van der Waals surface area contributed by atoms with E-state index in [9.17, 15) is 10.1 Å². The third kappa shape index (κ3) is 3.75. The molecule has 2 rings (SSSR count). The molecule has 1 fully saturated rings. The highest BCUT2D eigenvalue weighted by atomic mass is 16.6. The standard InChI is InChI=1S/C14H21N3O2/c1-12(2)16-9-7-15(8-10-16)11-13-3-5-14(6-4-13)17(18)19/h3-6,12H,7-11H2,1-2H3. The second-order valence-electron chi connectivity index (χ2n) is 5.33. The largest absolute Gasteiger partial charge is 0.298 e. The first-order valence-electron chi connectivity index (χ1n) is 6.76. The number of non-ortho nitro benzene ring substituents is 1. The van der Waals surface area contributed by atoms with Crippen molar-refractivity contribution >= 4 is 5.69 Å². The summed E-state index contributed by atoms with van der Waals surface area (Å²) in [5, 5.41) is 10.6. The number of benzene rings is 1. The quantitative estimate of drug-likeness (QED) is 0.617. The van der Waals surface area contributed by atoms with E-state index in [2.05, 4.69) is 23.6 Å². The molecule has 1 aromatic carbocycles. The molecular weight excluding hydrogens is 242 g/mol. The van der Waals surface area contributed by atoms with Gasteiger partial charge in [-0.1, -0.05) is 12.1 Å². The minimum atomic E-state index is -0.356. The fourth-order valence-electron chi connectivity index (χ4n) is 2.42. The van der Waals surface area contributed by atoms with E-state index in [4.69, 9.17) is 0 Å². The maximum Gasteiger partial charge on any atom is 0.269 e. The van der Waals surface area contributed by atoms with E-state index in [1.807, 2.05) is 12.1 Å². The van der Waals surface area contributed by atoms with Crippen LogP contribution >= 0.6 is 0 Å². The Morgan fingerprint density at radius 1 is 1.16 bits per heavy atom. The van der Waals surface area contributed by atoms with Crippen LogP contribution in [0.25, 0.3) is 0 Å². The molecule has 0 spiro atoms. The van der Waals surface area contributed by atoms with Gasteiger partial charge in [0, 0.05) is 50.9 Å². The van der Waals surface area contributed by atoms with Crippen LogP contribution in [0.4, 0.5) is 5.69 Å². The van der Waals surface area contributed by atoms with Gasteiger partial charge >= 0.3 is 0 Å². The summed E-state index contributed by atoms with van der Waals surface area (Å²) in [5.74, 6) is 0. The molecule has 0 saturated carbocycles. The molecule has 0 unspecified atom stereocenters. The maximum absolute atomic E-state index is 10.6. The molecular formula is C14H21N3O2. The van der Waals surface area contributed by atoms with Gasteiger partial charge in [-0.2, -0.15) is 0 Å². The molecule has 19 heavy (non-hydrogen) atoms. The van der Waals surface area contributed by atoms with E-state index in [-0.39, 0.29) is 10.6 Å². The Morgan fingerprint density at radius 3 is 2.21 bits per heavy atom. The molecule has 0 aliphatic carbocycles. The van der Waals surface area contributed by atoms with E-state index < -0.39 is 0 Å². The number of hydrogen-bond donors (Lipinski definition) is 0. The van der Waals surface area contributed by atoms with E-state index >= 15 is 0 Å². The van der Waals surface area contributed by atoms with E-state index in [0.717, 1.165) is 38.3 Å². The highest BCUT2D eigenvalue weighted by molar-refractivity contribution is 5.32. The fourth-order valence-corrected chi connectivity index (χ4v) is 2.42. The van der Waals surface area contributed by atoms with Crippen molar-refractivity contribution < 1.29 is 4.92 Å². The molecule has 0 bridgehead atoms. The van der Waals surface area contributed by atoms with Crippen LogP contribution < -0.4 is 0 Å². The number of nitrogens with zero attached hydrogens (tertiary/aromatic N) is 3. The van der Waals surface area contributed by atoms with E-state index in [1.54, 1.807) is 12.1 Å². The normalized spacial score (nSPS) is 17.8. The first-order valence-corrected chi connectivity index (χ1v) is 6.76. The van der Waals surface area contributed by atoms with Gasteiger partial charge in [0.25, 0.3) is 5.69 Å². The zero-order valence-corrected chi connectivity index (χ0v) is 11.6. The van der Waals surface area contributed by atoms with Crippen molar-refractivity contribution in [2.24, 2.45) is 0 Å². The van der Waals surface area contributed by atoms with Gasteiger partial charge in [0.2, 0.25) is 0 Å². The predicted octanol–water partition coefficient (Wildman–Crippen LogP) is 2.12. The third-order valence-corrected chi connectivity index (χ3v) is 3.69. The molecule has 5 heteroatoms. The van der Waals surface area contributed by atoms with Gasteiger partial charge in [0.05, 0.1) is 4.92 Å². The van der Waals surface area contributed by atoms with Crippen molar-refractivity contribution in [2.45, 2.75) is 26.4 Å². The molecule has 1 heterocycles. The van der Waals surface area contributed by atoms with Crippen LogP contribution in [0.3, 0.4) is 0 Å². The van der Waals surface area contributed by atoms with Crippen molar-refractivity contribution in [3.63, 3.8) is 0 Å². The molecule has 1 aliphatic heterocycles. The summed E-state index contributed by atoms with van der Waals surface area (Å²) in [6, 6.07) is 7.49. The average molecular weight is 263 g/mol. The summed E-state index contributed by atoms with van der Waals surface area (Å²) in [4.78, 5) is 15.1. The van der Waals surface area contributed by atoms with Crippen LogP contribution in [-0.4, -0.2) is 46.9 Å². The minimum absolute atomic E-state index is 0.161. The Labute approximate surface area is 114 Å². The van der Waals surface area contributed by atoms with Crippen LogP contribution in [-0.2, 0) is 6.54 Å². The van der Waals surface area contributed by atoms with Crippen molar-refractivity contribution in [2.75, 3.05) is 26.2 Å². The number of hydrogen-bond acceptors (Lipinski definition) is 4. The summed E-state index contributed by atoms with van der Waals surface area (Å²) in [6.45, 7) is 9.67. The summed E-state index contributed by atoms with van der Waals surface area (Å²) in [6.07, 6.45) is 0. The number of nitro groups is 1. The van der Waals surface area contributed by atoms with Gasteiger partial charge in [-0.25, -0.2) is 0 Å². The smallest absolute Gasteiger partial charge is 0.269 e. The molecule has 0 atom stereocenters. The number of rotatable bonds is 4. The minimum Gasteiger partial charge on any atom is -0.298 e. The Kier molecular flexibility index (Phi) is 4.50. The fraction of sp³-hybridized carbons (Fsp3) is 0.571. The molecule has 1 aromatic rings. The third-order valence-electron chi connectivity index (χ3n) is 3.69. The lowest BCUT2D eigenvalue weighted by Crippen LogP contribution is -2.48. The lowest BCUT2D eigenvalue weighted by atomic mass is 10.1. The van der Waals surface area contributed by atoms with Gasteiger partial charge in [-0.05, 0) is 19.4 Å². The lowest BCUT2D eigenvalue weighted by Gasteiger charge is -2.36. The second kappa shape index (κ2) is 6.12. The Morgan fingerprint density at radius 2 is 1.74 bits per heavy atom. The van der Waals surface area contributed by atoms with Gasteiger partial charge in [0.1, 0.15) is 0 Å². The lowest BCUT2D eigenvalue weighted by molar-refractivity contribution is -0.384. The predicted molar refractivity (Wildman–Crippen MR) is 75.1 cm³/mol. The monoisotopic (exact) mass is 263 g/mol. The van der Waals surface area contributed by atoms with Gasteiger partial charge in [-0.3, -0.25) is 19.9 Å². The van der Waals surface area contributed by atoms with Gasteiger partial charge in [0.15, 0.2) is 0 Å². The number of piperazine rings is 1. The summed E-state index contributed by atoms with van der Waals surface area (Å²) < 4.78 is 0. The highest BCUT2D eigenvalue weighted by Gasteiger charge is 2.18. The SMILES string of the molecule is CC(C)N1CCN(Cc2ccc([N+](=O)[O-])cc2)CC1. The molecule has 0 amide bonds. The average Bonchev–Trinajstić information content (AvgIpc) is 2.40. The van der Waals surface area contributed by atoms with Crippen molar-refractivity contribution in [3.8, 4) is 0 Å². The second-order valence-corrected chi connectivity index (χ2v) is 5.33. The summed E-state index contributed by atoms with van der Waals surface area (Å²) in [5.41, 5.74) is 1.30. The first-order chi connectivity index (χ1) is 9.06. The Bertz CT molecular complexity index is 423. The van der Waals surface area contributed by atoms with Gasteiger partial charge in [-0.15, -0.1) is 0 Å². The molecule has 5 nitrogen and oxygen atoms in total. The van der Waals surface area contributed by atoms with Crippen LogP contribution in [0.5, 0.6) is 0 Å². The van der Waals surface area contributed by atoms with Crippen molar-refractivity contribution in [1.29, 1.82) is 0 Å². The van der Waals surface area contributed by atoms with Crippen molar-refractivity contribution in [3.05, 3.63) is 39.9 Å². The van der Waals surface area contributed by atoms with Crippen LogP contribution in [0.1, 0.15) is 19.4 Å². The molecule has 0 radical (unpaired) electrons.